The quantitative estimate of drug-likeness (QED) is 0.635. The van der Waals surface area contributed by atoms with Gasteiger partial charge in [0.05, 0.1) is 37.6 Å². The predicted octanol–water partition coefficient (Wildman–Crippen LogP) is 1.65. The number of β-amino-alcohol motifs (C(OH)–C–C–N with tert-alkyl or cyclic N) is 1. The van der Waals surface area contributed by atoms with E-state index in [4.69, 9.17) is 14.2 Å². The minimum atomic E-state index is -0.552. The Labute approximate surface area is 174 Å². The van der Waals surface area contributed by atoms with Gasteiger partial charge in [0.25, 0.3) is 5.91 Å². The zero-order valence-electron chi connectivity index (χ0n) is 18.2. The molecule has 1 fully saturated rings. The van der Waals surface area contributed by atoms with Crippen LogP contribution in [0.4, 0.5) is 0 Å². The Morgan fingerprint density at radius 1 is 1.34 bits per heavy atom. The van der Waals surface area contributed by atoms with Gasteiger partial charge in [0.1, 0.15) is 0 Å². The lowest BCUT2D eigenvalue weighted by Gasteiger charge is -2.36. The Bertz CT molecular complexity index is 605. The molecule has 1 N–H and O–H groups in total. The van der Waals surface area contributed by atoms with Gasteiger partial charge in [0.15, 0.2) is 0 Å². The van der Waals surface area contributed by atoms with Crippen molar-refractivity contribution in [2.45, 2.75) is 38.6 Å². The summed E-state index contributed by atoms with van der Waals surface area (Å²) in [5.41, 5.74) is 0.389. The summed E-state index contributed by atoms with van der Waals surface area (Å²) in [7, 11) is 1.63. The number of amides is 1. The van der Waals surface area contributed by atoms with Crippen molar-refractivity contribution in [2.75, 3.05) is 59.7 Å². The minimum absolute atomic E-state index is 0.0259. The second kappa shape index (κ2) is 11.6. The van der Waals surface area contributed by atoms with Crippen molar-refractivity contribution >= 4 is 5.91 Å². The fourth-order valence-electron chi connectivity index (χ4n) is 3.24. The molecule has 0 unspecified atom stereocenters. The zero-order chi connectivity index (χ0) is 21.3. The van der Waals surface area contributed by atoms with Crippen LogP contribution in [0.1, 0.15) is 31.1 Å². The Kier molecular flexibility index (Phi) is 9.52. The highest BCUT2D eigenvalue weighted by atomic mass is 16.5. The average molecular weight is 409 g/mol. The number of morpholine rings is 1. The van der Waals surface area contributed by atoms with Crippen molar-refractivity contribution in [3.63, 3.8) is 0 Å². The first-order valence-corrected chi connectivity index (χ1v) is 10.3. The number of carbonyl (C=O) groups excluding carboxylic acids is 1. The van der Waals surface area contributed by atoms with Crippen molar-refractivity contribution in [3.8, 4) is 0 Å². The van der Waals surface area contributed by atoms with Crippen molar-refractivity contribution in [3.05, 3.63) is 35.9 Å². The van der Waals surface area contributed by atoms with Crippen LogP contribution in [0.3, 0.4) is 0 Å². The van der Waals surface area contributed by atoms with Gasteiger partial charge >= 0.3 is 0 Å². The Morgan fingerprint density at radius 3 is 2.72 bits per heavy atom. The van der Waals surface area contributed by atoms with Gasteiger partial charge in [-0.25, -0.2) is 0 Å². The number of hydrogen-bond acceptors (Lipinski definition) is 6. The Morgan fingerprint density at radius 2 is 2.07 bits per heavy atom. The highest BCUT2D eigenvalue weighted by Crippen LogP contribution is 2.12. The third-order valence-electron chi connectivity index (χ3n) is 4.70. The molecule has 1 aromatic rings. The number of aliphatic hydroxyl groups excluding tert-OH is 1. The summed E-state index contributed by atoms with van der Waals surface area (Å²) < 4.78 is 16.8. The van der Waals surface area contributed by atoms with Crippen LogP contribution in [-0.2, 0) is 14.2 Å². The normalized spacial score (nSPS) is 19.1. The molecule has 1 heterocycles. The summed E-state index contributed by atoms with van der Waals surface area (Å²) in [5, 5.41) is 10.3. The lowest BCUT2D eigenvalue weighted by atomic mass is 10.1. The average Bonchev–Trinajstić information content (AvgIpc) is 2.69. The first kappa shape index (κ1) is 23.8. The number of nitrogens with zero attached hydrogens (tertiary/aromatic N) is 2. The molecule has 7 heteroatoms. The fourth-order valence-corrected chi connectivity index (χ4v) is 3.24. The van der Waals surface area contributed by atoms with E-state index in [9.17, 15) is 9.90 Å². The van der Waals surface area contributed by atoms with E-state index in [1.807, 2.05) is 51.1 Å². The third-order valence-corrected chi connectivity index (χ3v) is 4.70. The second-order valence-corrected chi connectivity index (χ2v) is 8.44. The van der Waals surface area contributed by atoms with Crippen LogP contribution in [0.2, 0.25) is 0 Å². The SMILES string of the molecule is COCCN(C[C@H]1CN(C[C@@H](O)COC(C)(C)C)CCO1)C(=O)c1ccccc1. The topological polar surface area (TPSA) is 71.5 Å². The van der Waals surface area contributed by atoms with Crippen LogP contribution >= 0.6 is 0 Å². The Balaban J connectivity index is 1.90. The smallest absolute Gasteiger partial charge is 0.254 e. The summed E-state index contributed by atoms with van der Waals surface area (Å²) in [5.74, 6) is -0.0259. The maximum atomic E-state index is 12.9. The second-order valence-electron chi connectivity index (χ2n) is 8.44. The van der Waals surface area contributed by atoms with Gasteiger partial charge < -0.3 is 24.2 Å². The highest BCUT2D eigenvalue weighted by Gasteiger charge is 2.27. The van der Waals surface area contributed by atoms with Crippen LogP contribution in [-0.4, -0.2) is 98.3 Å². The molecule has 7 nitrogen and oxygen atoms in total. The summed E-state index contributed by atoms with van der Waals surface area (Å²) in [6, 6.07) is 9.26. The minimum Gasteiger partial charge on any atom is -0.389 e. The van der Waals surface area contributed by atoms with E-state index < -0.39 is 6.10 Å². The van der Waals surface area contributed by atoms with Gasteiger partial charge in [0.2, 0.25) is 0 Å². The number of benzene rings is 1. The molecule has 2 rings (SSSR count). The van der Waals surface area contributed by atoms with E-state index in [0.717, 1.165) is 6.54 Å². The van der Waals surface area contributed by atoms with Gasteiger partial charge in [-0.3, -0.25) is 9.69 Å². The highest BCUT2D eigenvalue weighted by molar-refractivity contribution is 5.94. The van der Waals surface area contributed by atoms with E-state index in [2.05, 4.69) is 4.90 Å². The molecule has 1 aromatic carbocycles. The van der Waals surface area contributed by atoms with Crippen molar-refractivity contribution in [1.82, 2.24) is 9.80 Å². The number of ether oxygens (including phenoxy) is 3. The largest absolute Gasteiger partial charge is 0.389 e. The molecule has 0 aliphatic carbocycles. The molecule has 0 saturated carbocycles. The molecule has 164 valence electrons. The van der Waals surface area contributed by atoms with Gasteiger partial charge in [0, 0.05) is 45.4 Å². The molecule has 0 bridgehead atoms. The Hall–Kier alpha value is -1.51. The van der Waals surface area contributed by atoms with E-state index >= 15 is 0 Å². The van der Waals surface area contributed by atoms with Crippen LogP contribution in [0, 0.1) is 0 Å². The first-order valence-electron chi connectivity index (χ1n) is 10.3. The molecule has 2 atom stereocenters. The van der Waals surface area contributed by atoms with E-state index in [1.54, 1.807) is 12.0 Å². The molecule has 1 aliphatic heterocycles. The van der Waals surface area contributed by atoms with E-state index in [-0.39, 0.29) is 17.6 Å². The summed E-state index contributed by atoms with van der Waals surface area (Å²) in [4.78, 5) is 16.9. The molecule has 1 saturated heterocycles. The van der Waals surface area contributed by atoms with Crippen LogP contribution in [0.15, 0.2) is 30.3 Å². The van der Waals surface area contributed by atoms with Crippen molar-refractivity contribution in [2.24, 2.45) is 0 Å². The maximum absolute atomic E-state index is 12.9. The third kappa shape index (κ3) is 8.80. The number of rotatable bonds is 10. The van der Waals surface area contributed by atoms with E-state index in [0.29, 0.717) is 51.6 Å². The molecule has 29 heavy (non-hydrogen) atoms. The molecule has 1 aliphatic rings. The molecular weight excluding hydrogens is 372 g/mol. The van der Waals surface area contributed by atoms with Gasteiger partial charge in [-0.2, -0.15) is 0 Å². The molecular formula is C22H36N2O5. The number of carbonyl (C=O) groups is 1. The standard InChI is InChI=1S/C22H36N2O5/c1-22(2,3)29-17-19(25)14-23-10-13-28-20(15-23)16-24(11-12-27-4)21(26)18-8-6-5-7-9-18/h5-9,19-20,25H,10-17H2,1-4H3/t19-,20-/m1/s1. The lowest BCUT2D eigenvalue weighted by Crippen LogP contribution is -2.51. The summed E-state index contributed by atoms with van der Waals surface area (Å²) in [6.07, 6.45) is -0.660. The zero-order valence-corrected chi connectivity index (χ0v) is 18.2. The molecule has 0 spiro atoms. The van der Waals surface area contributed by atoms with Gasteiger partial charge in [-0.15, -0.1) is 0 Å². The van der Waals surface area contributed by atoms with Gasteiger partial charge in [-0.1, -0.05) is 18.2 Å². The fraction of sp³-hybridized carbons (Fsp3) is 0.682. The molecule has 0 radical (unpaired) electrons. The van der Waals surface area contributed by atoms with Crippen LogP contribution in [0.25, 0.3) is 0 Å². The predicted molar refractivity (Wildman–Crippen MR) is 112 cm³/mol. The number of methoxy groups -OCH3 is 1. The summed E-state index contributed by atoms with van der Waals surface area (Å²) in [6.45, 7) is 10.2. The molecule has 0 aromatic heterocycles. The lowest BCUT2D eigenvalue weighted by molar-refractivity contribution is -0.0784. The van der Waals surface area contributed by atoms with Crippen LogP contribution in [0.5, 0.6) is 0 Å². The monoisotopic (exact) mass is 408 g/mol. The molecule has 1 amide bonds. The maximum Gasteiger partial charge on any atom is 0.254 e. The van der Waals surface area contributed by atoms with Crippen molar-refractivity contribution < 1.29 is 24.1 Å². The summed E-state index contributed by atoms with van der Waals surface area (Å²) >= 11 is 0. The van der Waals surface area contributed by atoms with Crippen LogP contribution < -0.4 is 0 Å². The van der Waals surface area contributed by atoms with Gasteiger partial charge in [-0.05, 0) is 32.9 Å². The number of aliphatic hydroxyl groups is 1. The van der Waals surface area contributed by atoms with Crippen molar-refractivity contribution in [1.29, 1.82) is 0 Å². The van der Waals surface area contributed by atoms with E-state index in [1.165, 1.54) is 0 Å². The first-order chi connectivity index (χ1) is 13.8. The number of hydrogen-bond donors (Lipinski definition) is 1.